The highest BCUT2D eigenvalue weighted by Gasteiger charge is 2.07. The lowest BCUT2D eigenvalue weighted by atomic mass is 10.2. The summed E-state index contributed by atoms with van der Waals surface area (Å²) in [6, 6.07) is 11.3. The van der Waals surface area contributed by atoms with Crippen LogP contribution in [0.25, 0.3) is 5.69 Å². The molecule has 0 aliphatic rings. The Hall–Kier alpha value is -2.03. The van der Waals surface area contributed by atoms with E-state index in [4.69, 9.17) is 4.74 Å². The molecule has 2 rings (SSSR count). The van der Waals surface area contributed by atoms with Crippen LogP contribution in [0.5, 0.6) is 0 Å². The predicted molar refractivity (Wildman–Crippen MR) is 66.3 cm³/mol. The molecular formula is C14H15NO2. The lowest BCUT2D eigenvalue weighted by Crippen LogP contribution is -2.06. The van der Waals surface area contributed by atoms with Crippen LogP contribution in [0.1, 0.15) is 23.7 Å². The highest BCUT2D eigenvalue weighted by molar-refractivity contribution is 5.90. The molecule has 0 radical (unpaired) electrons. The van der Waals surface area contributed by atoms with Gasteiger partial charge in [-0.3, -0.25) is 0 Å². The number of esters is 1. The van der Waals surface area contributed by atoms with E-state index >= 15 is 0 Å². The standard InChI is InChI=1S/C14H15NO2/c1-2-10-17-14(16)12-6-5-7-13(11-12)15-8-3-4-9-15/h3-9,11H,2,10H2,1H3. The average Bonchev–Trinajstić information content (AvgIpc) is 2.90. The van der Waals surface area contributed by atoms with Crippen LogP contribution >= 0.6 is 0 Å². The van der Waals surface area contributed by atoms with Gasteiger partial charge in [0.2, 0.25) is 0 Å². The summed E-state index contributed by atoms with van der Waals surface area (Å²) in [5.74, 6) is -0.263. The molecule has 0 N–H and O–H groups in total. The van der Waals surface area contributed by atoms with Crippen molar-refractivity contribution in [2.75, 3.05) is 6.61 Å². The van der Waals surface area contributed by atoms with E-state index in [0.717, 1.165) is 12.1 Å². The number of aromatic nitrogens is 1. The Kier molecular flexibility index (Phi) is 3.60. The van der Waals surface area contributed by atoms with Gasteiger partial charge in [-0.1, -0.05) is 13.0 Å². The van der Waals surface area contributed by atoms with E-state index in [-0.39, 0.29) is 5.97 Å². The minimum absolute atomic E-state index is 0.263. The molecule has 88 valence electrons. The van der Waals surface area contributed by atoms with Gasteiger partial charge in [-0.15, -0.1) is 0 Å². The molecule has 0 amide bonds. The number of hydrogen-bond acceptors (Lipinski definition) is 2. The van der Waals surface area contributed by atoms with Gasteiger partial charge in [-0.2, -0.15) is 0 Å². The summed E-state index contributed by atoms with van der Waals surface area (Å²) < 4.78 is 7.06. The van der Waals surface area contributed by atoms with Crippen LogP contribution in [0.3, 0.4) is 0 Å². The molecule has 0 saturated carbocycles. The molecule has 1 aromatic heterocycles. The van der Waals surface area contributed by atoms with E-state index in [2.05, 4.69) is 0 Å². The first kappa shape index (κ1) is 11.5. The minimum atomic E-state index is -0.263. The maximum atomic E-state index is 11.7. The number of carbonyl (C=O) groups excluding carboxylic acids is 1. The Balaban J connectivity index is 2.20. The number of benzene rings is 1. The van der Waals surface area contributed by atoms with Crippen LogP contribution in [0.4, 0.5) is 0 Å². The van der Waals surface area contributed by atoms with Crippen molar-refractivity contribution in [2.45, 2.75) is 13.3 Å². The molecule has 0 aliphatic heterocycles. The Bertz CT molecular complexity index is 489. The lowest BCUT2D eigenvalue weighted by Gasteiger charge is -2.06. The summed E-state index contributed by atoms with van der Waals surface area (Å²) in [4.78, 5) is 11.7. The van der Waals surface area contributed by atoms with Crippen molar-refractivity contribution >= 4 is 5.97 Å². The van der Waals surface area contributed by atoms with Gasteiger partial charge in [0.05, 0.1) is 12.2 Å². The summed E-state index contributed by atoms with van der Waals surface area (Å²) in [7, 11) is 0. The van der Waals surface area contributed by atoms with Gasteiger partial charge in [-0.25, -0.2) is 4.79 Å². The topological polar surface area (TPSA) is 31.2 Å². The van der Waals surface area contributed by atoms with Crippen molar-refractivity contribution in [1.82, 2.24) is 4.57 Å². The summed E-state index contributed by atoms with van der Waals surface area (Å²) in [6.45, 7) is 2.44. The smallest absolute Gasteiger partial charge is 0.338 e. The number of nitrogens with zero attached hydrogens (tertiary/aromatic N) is 1. The third-order valence-electron chi connectivity index (χ3n) is 2.42. The number of carbonyl (C=O) groups is 1. The van der Waals surface area contributed by atoms with Crippen LogP contribution in [0.2, 0.25) is 0 Å². The molecule has 0 spiro atoms. The van der Waals surface area contributed by atoms with Gasteiger partial charge in [0.1, 0.15) is 0 Å². The van der Waals surface area contributed by atoms with Crippen molar-refractivity contribution in [2.24, 2.45) is 0 Å². The monoisotopic (exact) mass is 229 g/mol. The minimum Gasteiger partial charge on any atom is -0.462 e. The summed E-state index contributed by atoms with van der Waals surface area (Å²) in [5.41, 5.74) is 1.55. The van der Waals surface area contributed by atoms with Gasteiger partial charge in [-0.05, 0) is 36.8 Å². The molecule has 3 nitrogen and oxygen atoms in total. The normalized spacial score (nSPS) is 10.2. The van der Waals surface area contributed by atoms with Crippen LogP contribution in [0.15, 0.2) is 48.8 Å². The molecule has 0 unspecified atom stereocenters. The number of hydrogen-bond donors (Lipinski definition) is 0. The number of rotatable bonds is 4. The third-order valence-corrected chi connectivity index (χ3v) is 2.42. The van der Waals surface area contributed by atoms with Crippen molar-refractivity contribution in [3.63, 3.8) is 0 Å². The van der Waals surface area contributed by atoms with Gasteiger partial charge >= 0.3 is 5.97 Å². The zero-order chi connectivity index (χ0) is 12.1. The van der Waals surface area contributed by atoms with Crippen LogP contribution in [-0.4, -0.2) is 17.1 Å². The second-order valence-electron chi connectivity index (χ2n) is 3.78. The van der Waals surface area contributed by atoms with Crippen molar-refractivity contribution in [3.05, 3.63) is 54.4 Å². The quantitative estimate of drug-likeness (QED) is 0.754. The first-order valence-corrected chi connectivity index (χ1v) is 5.72. The molecule has 0 bridgehead atoms. The molecule has 2 aromatic rings. The van der Waals surface area contributed by atoms with E-state index in [1.807, 2.05) is 54.2 Å². The van der Waals surface area contributed by atoms with Gasteiger partial charge in [0, 0.05) is 18.1 Å². The molecule has 0 atom stereocenters. The largest absolute Gasteiger partial charge is 0.462 e. The molecule has 3 heteroatoms. The summed E-state index contributed by atoms with van der Waals surface area (Å²) in [6.07, 6.45) is 4.72. The zero-order valence-electron chi connectivity index (χ0n) is 9.80. The second kappa shape index (κ2) is 5.34. The van der Waals surface area contributed by atoms with Gasteiger partial charge in [0.25, 0.3) is 0 Å². The van der Waals surface area contributed by atoms with E-state index < -0.39 is 0 Å². The number of ether oxygens (including phenoxy) is 1. The maximum Gasteiger partial charge on any atom is 0.338 e. The molecule has 17 heavy (non-hydrogen) atoms. The molecule has 1 heterocycles. The van der Waals surface area contributed by atoms with Gasteiger partial charge in [0.15, 0.2) is 0 Å². The van der Waals surface area contributed by atoms with E-state index in [9.17, 15) is 4.79 Å². The van der Waals surface area contributed by atoms with Crippen LogP contribution in [-0.2, 0) is 4.74 Å². The zero-order valence-corrected chi connectivity index (χ0v) is 9.80. The Morgan fingerprint density at radius 3 is 2.71 bits per heavy atom. The maximum absolute atomic E-state index is 11.7. The fraction of sp³-hybridized carbons (Fsp3) is 0.214. The summed E-state index contributed by atoms with van der Waals surface area (Å²) >= 11 is 0. The molecule has 0 saturated heterocycles. The van der Waals surface area contributed by atoms with E-state index in [0.29, 0.717) is 12.2 Å². The van der Waals surface area contributed by atoms with E-state index in [1.54, 1.807) is 6.07 Å². The molecular weight excluding hydrogens is 214 g/mol. The third kappa shape index (κ3) is 2.75. The van der Waals surface area contributed by atoms with E-state index in [1.165, 1.54) is 0 Å². The van der Waals surface area contributed by atoms with Crippen molar-refractivity contribution < 1.29 is 9.53 Å². The Morgan fingerprint density at radius 2 is 2.00 bits per heavy atom. The van der Waals surface area contributed by atoms with Crippen LogP contribution < -0.4 is 0 Å². The molecule has 0 aliphatic carbocycles. The highest BCUT2D eigenvalue weighted by atomic mass is 16.5. The summed E-state index contributed by atoms with van der Waals surface area (Å²) in [5, 5.41) is 0. The Morgan fingerprint density at radius 1 is 1.24 bits per heavy atom. The van der Waals surface area contributed by atoms with Crippen molar-refractivity contribution in [3.8, 4) is 5.69 Å². The first-order chi connectivity index (χ1) is 8.31. The van der Waals surface area contributed by atoms with Gasteiger partial charge < -0.3 is 9.30 Å². The SMILES string of the molecule is CCCOC(=O)c1cccc(-n2cccc2)c1. The average molecular weight is 229 g/mol. The Labute approximate surface area is 101 Å². The molecule has 1 aromatic carbocycles. The van der Waals surface area contributed by atoms with Crippen LogP contribution in [0, 0.1) is 0 Å². The van der Waals surface area contributed by atoms with Crippen molar-refractivity contribution in [1.29, 1.82) is 0 Å². The second-order valence-corrected chi connectivity index (χ2v) is 3.78. The highest BCUT2D eigenvalue weighted by Crippen LogP contribution is 2.11. The first-order valence-electron chi connectivity index (χ1n) is 5.72. The fourth-order valence-corrected chi connectivity index (χ4v) is 1.58. The molecule has 0 fully saturated rings. The fourth-order valence-electron chi connectivity index (χ4n) is 1.58. The predicted octanol–water partition coefficient (Wildman–Crippen LogP) is 3.04. The lowest BCUT2D eigenvalue weighted by molar-refractivity contribution is 0.0505.